The molecule has 0 amide bonds. The predicted octanol–water partition coefficient (Wildman–Crippen LogP) is 1.97. The molecule has 5 nitrogen and oxygen atoms in total. The van der Waals surface area contributed by atoms with Crippen LogP contribution in [-0.4, -0.2) is 19.6 Å². The van der Waals surface area contributed by atoms with Crippen LogP contribution in [0.1, 0.15) is 29.4 Å². The SMILES string of the molecule is CCc1nn(C)cc1CNCc1c(C)nn(C)c1Cl. The fourth-order valence-corrected chi connectivity index (χ4v) is 2.47. The molecule has 19 heavy (non-hydrogen) atoms. The number of rotatable bonds is 5. The number of aryl methyl sites for hydroxylation is 4. The van der Waals surface area contributed by atoms with Crippen LogP contribution in [0.4, 0.5) is 0 Å². The second-order valence-electron chi connectivity index (χ2n) is 4.71. The molecular formula is C13H20ClN5. The molecule has 0 aliphatic carbocycles. The van der Waals surface area contributed by atoms with Gasteiger partial charge in [0.1, 0.15) is 5.15 Å². The Kier molecular flexibility index (Phi) is 4.27. The largest absolute Gasteiger partial charge is 0.308 e. The number of hydrogen-bond acceptors (Lipinski definition) is 3. The van der Waals surface area contributed by atoms with Crippen LogP contribution in [0.5, 0.6) is 0 Å². The molecule has 0 saturated carbocycles. The fourth-order valence-electron chi connectivity index (χ4n) is 2.23. The van der Waals surface area contributed by atoms with Crippen molar-refractivity contribution in [3.05, 3.63) is 33.9 Å². The monoisotopic (exact) mass is 281 g/mol. The molecule has 0 spiro atoms. The van der Waals surface area contributed by atoms with Crippen LogP contribution in [0.2, 0.25) is 5.15 Å². The number of nitrogens with one attached hydrogen (secondary N) is 1. The van der Waals surface area contributed by atoms with Gasteiger partial charge in [0, 0.05) is 44.5 Å². The van der Waals surface area contributed by atoms with Gasteiger partial charge in [-0.3, -0.25) is 9.36 Å². The van der Waals surface area contributed by atoms with Crippen molar-refractivity contribution in [3.63, 3.8) is 0 Å². The van der Waals surface area contributed by atoms with Crippen LogP contribution in [0, 0.1) is 6.92 Å². The highest BCUT2D eigenvalue weighted by atomic mass is 35.5. The molecule has 0 saturated heterocycles. The Hall–Kier alpha value is -1.33. The van der Waals surface area contributed by atoms with Crippen molar-refractivity contribution < 1.29 is 0 Å². The van der Waals surface area contributed by atoms with Crippen LogP contribution in [-0.2, 0) is 33.6 Å². The van der Waals surface area contributed by atoms with E-state index in [9.17, 15) is 0 Å². The van der Waals surface area contributed by atoms with E-state index >= 15 is 0 Å². The molecular weight excluding hydrogens is 262 g/mol. The van der Waals surface area contributed by atoms with Crippen molar-refractivity contribution in [2.45, 2.75) is 33.4 Å². The van der Waals surface area contributed by atoms with Crippen molar-refractivity contribution in [3.8, 4) is 0 Å². The van der Waals surface area contributed by atoms with E-state index in [1.807, 2.05) is 25.7 Å². The lowest BCUT2D eigenvalue weighted by Gasteiger charge is -2.04. The van der Waals surface area contributed by atoms with Crippen LogP contribution in [0.3, 0.4) is 0 Å². The molecule has 0 atom stereocenters. The number of aromatic nitrogens is 4. The van der Waals surface area contributed by atoms with Crippen molar-refractivity contribution in [1.29, 1.82) is 0 Å². The Morgan fingerprint density at radius 1 is 1.26 bits per heavy atom. The molecule has 6 heteroatoms. The summed E-state index contributed by atoms with van der Waals surface area (Å²) in [6.07, 6.45) is 3.01. The highest BCUT2D eigenvalue weighted by Gasteiger charge is 2.11. The summed E-state index contributed by atoms with van der Waals surface area (Å²) in [5.74, 6) is 0. The van der Waals surface area contributed by atoms with Gasteiger partial charge in [-0.05, 0) is 13.3 Å². The smallest absolute Gasteiger partial charge is 0.131 e. The number of nitrogens with zero attached hydrogens (tertiary/aromatic N) is 4. The molecule has 1 N–H and O–H groups in total. The highest BCUT2D eigenvalue weighted by Crippen LogP contribution is 2.18. The Morgan fingerprint density at radius 3 is 2.58 bits per heavy atom. The van der Waals surface area contributed by atoms with Gasteiger partial charge in [-0.2, -0.15) is 10.2 Å². The van der Waals surface area contributed by atoms with Gasteiger partial charge < -0.3 is 5.32 Å². The lowest BCUT2D eigenvalue weighted by molar-refractivity contribution is 0.685. The summed E-state index contributed by atoms with van der Waals surface area (Å²) in [4.78, 5) is 0. The van der Waals surface area contributed by atoms with Crippen LogP contribution >= 0.6 is 11.6 Å². The van der Waals surface area contributed by atoms with E-state index in [4.69, 9.17) is 11.6 Å². The summed E-state index contributed by atoms with van der Waals surface area (Å²) in [6.45, 7) is 5.61. The molecule has 0 aliphatic rings. The molecule has 2 aromatic heterocycles. The maximum absolute atomic E-state index is 6.20. The summed E-state index contributed by atoms with van der Waals surface area (Å²) in [5.41, 5.74) is 4.42. The van der Waals surface area contributed by atoms with Gasteiger partial charge in [-0.1, -0.05) is 18.5 Å². The van der Waals surface area contributed by atoms with E-state index < -0.39 is 0 Å². The molecule has 0 aliphatic heterocycles. The van der Waals surface area contributed by atoms with Gasteiger partial charge in [0.25, 0.3) is 0 Å². The Labute approximate surface area is 118 Å². The number of hydrogen-bond donors (Lipinski definition) is 1. The minimum Gasteiger partial charge on any atom is -0.308 e. The van der Waals surface area contributed by atoms with E-state index in [0.29, 0.717) is 5.15 Å². The van der Waals surface area contributed by atoms with E-state index in [2.05, 4.69) is 28.6 Å². The summed E-state index contributed by atoms with van der Waals surface area (Å²) < 4.78 is 3.56. The molecule has 0 radical (unpaired) electrons. The van der Waals surface area contributed by atoms with Gasteiger partial charge in [0.2, 0.25) is 0 Å². The van der Waals surface area contributed by atoms with Crippen molar-refractivity contribution in [1.82, 2.24) is 24.9 Å². The summed E-state index contributed by atoms with van der Waals surface area (Å²) in [6, 6.07) is 0. The van der Waals surface area contributed by atoms with E-state index in [0.717, 1.165) is 36.5 Å². The standard InChI is InChI=1S/C13H20ClN5/c1-5-12-10(8-18(3)17-12)6-15-7-11-9(2)16-19(4)13(11)14/h8,15H,5-7H2,1-4H3. The van der Waals surface area contributed by atoms with Gasteiger partial charge in [0.05, 0.1) is 11.4 Å². The molecule has 2 heterocycles. The Morgan fingerprint density at radius 2 is 2.00 bits per heavy atom. The lowest BCUT2D eigenvalue weighted by Crippen LogP contribution is -2.14. The third kappa shape index (κ3) is 2.98. The van der Waals surface area contributed by atoms with Crippen molar-refractivity contribution >= 4 is 11.6 Å². The Bertz CT molecular complexity index is 570. The van der Waals surface area contributed by atoms with E-state index in [1.54, 1.807) is 4.68 Å². The second kappa shape index (κ2) is 5.75. The summed E-state index contributed by atoms with van der Waals surface area (Å²) in [7, 11) is 3.81. The van der Waals surface area contributed by atoms with Crippen LogP contribution < -0.4 is 5.32 Å². The summed E-state index contributed by atoms with van der Waals surface area (Å²) >= 11 is 6.20. The molecule has 0 fully saturated rings. The average Bonchev–Trinajstić information content (AvgIpc) is 2.84. The van der Waals surface area contributed by atoms with Crippen molar-refractivity contribution in [2.75, 3.05) is 0 Å². The average molecular weight is 282 g/mol. The molecule has 2 aromatic rings. The quantitative estimate of drug-likeness (QED) is 0.911. The van der Waals surface area contributed by atoms with Crippen LogP contribution in [0.15, 0.2) is 6.20 Å². The van der Waals surface area contributed by atoms with Gasteiger partial charge >= 0.3 is 0 Å². The van der Waals surface area contributed by atoms with Crippen LogP contribution in [0.25, 0.3) is 0 Å². The van der Waals surface area contributed by atoms with Gasteiger partial charge in [-0.25, -0.2) is 0 Å². The van der Waals surface area contributed by atoms with Gasteiger partial charge in [-0.15, -0.1) is 0 Å². The minimum atomic E-state index is 0.701. The third-order valence-electron chi connectivity index (χ3n) is 3.21. The van der Waals surface area contributed by atoms with E-state index in [1.165, 1.54) is 5.56 Å². The zero-order chi connectivity index (χ0) is 14.0. The number of halogens is 1. The first kappa shape index (κ1) is 14.1. The first-order chi connectivity index (χ1) is 9.02. The molecule has 0 bridgehead atoms. The maximum Gasteiger partial charge on any atom is 0.131 e. The zero-order valence-electron chi connectivity index (χ0n) is 11.9. The molecule has 2 rings (SSSR count). The van der Waals surface area contributed by atoms with Gasteiger partial charge in [0.15, 0.2) is 0 Å². The topological polar surface area (TPSA) is 47.7 Å². The second-order valence-corrected chi connectivity index (χ2v) is 5.07. The zero-order valence-corrected chi connectivity index (χ0v) is 12.6. The predicted molar refractivity (Wildman–Crippen MR) is 76.1 cm³/mol. The normalized spacial score (nSPS) is 11.2. The molecule has 104 valence electrons. The van der Waals surface area contributed by atoms with Crippen molar-refractivity contribution in [2.24, 2.45) is 14.1 Å². The Balaban J connectivity index is 2.00. The fraction of sp³-hybridized carbons (Fsp3) is 0.538. The van der Waals surface area contributed by atoms with E-state index in [-0.39, 0.29) is 0 Å². The molecule has 0 aromatic carbocycles. The lowest BCUT2D eigenvalue weighted by atomic mass is 10.2. The summed E-state index contributed by atoms with van der Waals surface area (Å²) in [5, 5.41) is 12.8. The first-order valence-electron chi connectivity index (χ1n) is 6.43. The highest BCUT2D eigenvalue weighted by molar-refractivity contribution is 6.30. The first-order valence-corrected chi connectivity index (χ1v) is 6.80. The maximum atomic E-state index is 6.20. The molecule has 0 unspecified atom stereocenters. The third-order valence-corrected chi connectivity index (χ3v) is 3.69. The minimum absolute atomic E-state index is 0.701.